The zero-order chi connectivity index (χ0) is 18.8. The van der Waals surface area contributed by atoms with Gasteiger partial charge in [0.15, 0.2) is 0 Å². The molecule has 0 radical (unpaired) electrons. The quantitative estimate of drug-likeness (QED) is 0.849. The Hall–Kier alpha value is -2.89. The van der Waals surface area contributed by atoms with Crippen LogP contribution >= 0.6 is 0 Å². The molecule has 0 N–H and O–H groups in total. The number of aryl methyl sites for hydroxylation is 1. The summed E-state index contributed by atoms with van der Waals surface area (Å²) in [4.78, 5) is 28.6. The molecule has 1 aliphatic heterocycles. The van der Waals surface area contributed by atoms with Gasteiger partial charge in [0.2, 0.25) is 5.91 Å². The molecule has 1 saturated heterocycles. The van der Waals surface area contributed by atoms with Gasteiger partial charge in [-0.3, -0.25) is 9.59 Å². The van der Waals surface area contributed by atoms with E-state index in [0.29, 0.717) is 35.7 Å². The maximum absolute atomic E-state index is 13.8. The molecule has 1 atom stereocenters. The predicted molar refractivity (Wildman–Crippen MR) is 97.0 cm³/mol. The standard InChI is InChI=1S/C20H21FN2O3/c1-13-4-7-16(12-18(13)21)23-11-10-22(14(2)19(23)24)20(25)15-5-8-17(26-3)9-6-15/h4-9,12,14H,10-11H2,1-3H3. The Balaban J connectivity index is 1.78. The summed E-state index contributed by atoms with van der Waals surface area (Å²) >= 11 is 0. The second kappa shape index (κ2) is 7.15. The molecule has 2 aromatic rings. The van der Waals surface area contributed by atoms with Gasteiger partial charge in [-0.25, -0.2) is 4.39 Å². The van der Waals surface area contributed by atoms with Crippen LogP contribution in [0.5, 0.6) is 5.75 Å². The summed E-state index contributed by atoms with van der Waals surface area (Å²) in [6.07, 6.45) is 0. The molecule has 0 aromatic heterocycles. The van der Waals surface area contributed by atoms with Gasteiger partial charge in [-0.2, -0.15) is 0 Å². The number of hydrogen-bond acceptors (Lipinski definition) is 3. The minimum Gasteiger partial charge on any atom is -0.497 e. The third-order valence-corrected chi connectivity index (χ3v) is 4.72. The lowest BCUT2D eigenvalue weighted by Gasteiger charge is -2.39. The van der Waals surface area contributed by atoms with E-state index in [0.717, 1.165) is 0 Å². The minimum atomic E-state index is -0.622. The first-order valence-electron chi connectivity index (χ1n) is 8.45. The van der Waals surface area contributed by atoms with Gasteiger partial charge in [-0.15, -0.1) is 0 Å². The molecule has 3 rings (SSSR count). The van der Waals surface area contributed by atoms with E-state index in [1.807, 2.05) is 0 Å². The number of ether oxygens (including phenoxy) is 1. The second-order valence-electron chi connectivity index (χ2n) is 6.33. The van der Waals surface area contributed by atoms with E-state index in [4.69, 9.17) is 4.74 Å². The topological polar surface area (TPSA) is 49.9 Å². The molecular formula is C20H21FN2O3. The monoisotopic (exact) mass is 356 g/mol. The third kappa shape index (κ3) is 3.27. The molecule has 1 aliphatic rings. The van der Waals surface area contributed by atoms with Crippen molar-refractivity contribution in [2.24, 2.45) is 0 Å². The number of amides is 2. The molecule has 2 aromatic carbocycles. The molecule has 0 aliphatic carbocycles. The van der Waals surface area contributed by atoms with E-state index < -0.39 is 6.04 Å². The first kappa shape index (κ1) is 17.9. The van der Waals surface area contributed by atoms with Crippen LogP contribution in [-0.2, 0) is 4.79 Å². The van der Waals surface area contributed by atoms with Crippen molar-refractivity contribution in [3.8, 4) is 5.75 Å². The van der Waals surface area contributed by atoms with Gasteiger partial charge in [0.05, 0.1) is 7.11 Å². The third-order valence-electron chi connectivity index (χ3n) is 4.72. The van der Waals surface area contributed by atoms with E-state index >= 15 is 0 Å². The van der Waals surface area contributed by atoms with E-state index in [1.54, 1.807) is 62.3 Å². The Morgan fingerprint density at radius 3 is 2.46 bits per heavy atom. The van der Waals surface area contributed by atoms with E-state index in [1.165, 1.54) is 11.0 Å². The number of carbonyl (C=O) groups is 2. The van der Waals surface area contributed by atoms with Crippen molar-refractivity contribution in [1.82, 2.24) is 4.90 Å². The fourth-order valence-electron chi connectivity index (χ4n) is 3.05. The number of nitrogens with zero attached hydrogens (tertiary/aromatic N) is 2. The van der Waals surface area contributed by atoms with Crippen LogP contribution in [0.1, 0.15) is 22.8 Å². The fraction of sp³-hybridized carbons (Fsp3) is 0.300. The lowest BCUT2D eigenvalue weighted by molar-refractivity contribution is -0.124. The molecule has 136 valence electrons. The van der Waals surface area contributed by atoms with Crippen LogP contribution in [0, 0.1) is 12.7 Å². The Morgan fingerprint density at radius 1 is 1.15 bits per heavy atom. The van der Waals surface area contributed by atoms with Crippen LogP contribution in [0.25, 0.3) is 0 Å². The van der Waals surface area contributed by atoms with Crippen LogP contribution in [0.3, 0.4) is 0 Å². The second-order valence-corrected chi connectivity index (χ2v) is 6.33. The summed E-state index contributed by atoms with van der Waals surface area (Å²) in [5, 5.41) is 0. The van der Waals surface area contributed by atoms with Gasteiger partial charge >= 0.3 is 0 Å². The van der Waals surface area contributed by atoms with Gasteiger partial charge < -0.3 is 14.5 Å². The number of anilines is 1. The largest absolute Gasteiger partial charge is 0.497 e. The number of methoxy groups -OCH3 is 1. The van der Waals surface area contributed by atoms with Crippen LogP contribution in [0.2, 0.25) is 0 Å². The maximum Gasteiger partial charge on any atom is 0.254 e. The smallest absolute Gasteiger partial charge is 0.254 e. The molecule has 6 heteroatoms. The van der Waals surface area contributed by atoms with Crippen molar-refractivity contribution in [2.75, 3.05) is 25.1 Å². The maximum atomic E-state index is 13.8. The molecule has 0 spiro atoms. The lowest BCUT2D eigenvalue weighted by atomic mass is 10.1. The highest BCUT2D eigenvalue weighted by Gasteiger charge is 2.35. The fourth-order valence-corrected chi connectivity index (χ4v) is 3.05. The van der Waals surface area contributed by atoms with E-state index in [-0.39, 0.29) is 17.6 Å². The highest BCUT2D eigenvalue weighted by Crippen LogP contribution is 2.24. The average molecular weight is 356 g/mol. The predicted octanol–water partition coefficient (Wildman–Crippen LogP) is 3.02. The molecule has 0 saturated carbocycles. The van der Waals surface area contributed by atoms with Gasteiger partial charge in [0.25, 0.3) is 5.91 Å². The van der Waals surface area contributed by atoms with Crippen molar-refractivity contribution in [3.05, 3.63) is 59.4 Å². The van der Waals surface area contributed by atoms with Gasteiger partial charge in [-0.05, 0) is 55.8 Å². The Bertz CT molecular complexity index is 835. The Kier molecular flexibility index (Phi) is 4.93. The average Bonchev–Trinajstić information content (AvgIpc) is 2.66. The number of rotatable bonds is 3. The van der Waals surface area contributed by atoms with Crippen molar-refractivity contribution < 1.29 is 18.7 Å². The molecule has 0 bridgehead atoms. The zero-order valence-electron chi connectivity index (χ0n) is 15.0. The normalized spacial score (nSPS) is 17.4. The summed E-state index contributed by atoms with van der Waals surface area (Å²) in [7, 11) is 1.56. The zero-order valence-corrected chi connectivity index (χ0v) is 15.0. The Morgan fingerprint density at radius 2 is 1.85 bits per heavy atom. The van der Waals surface area contributed by atoms with E-state index in [9.17, 15) is 14.0 Å². The molecule has 2 amide bonds. The lowest BCUT2D eigenvalue weighted by Crippen LogP contribution is -2.57. The summed E-state index contributed by atoms with van der Waals surface area (Å²) in [5.74, 6) is -0.110. The number of carbonyl (C=O) groups excluding carboxylic acids is 2. The first-order chi connectivity index (χ1) is 12.4. The number of benzene rings is 2. The molecule has 5 nitrogen and oxygen atoms in total. The molecule has 1 fully saturated rings. The van der Waals surface area contributed by atoms with E-state index in [2.05, 4.69) is 0 Å². The van der Waals surface area contributed by atoms with Crippen LogP contribution in [-0.4, -0.2) is 43.0 Å². The van der Waals surface area contributed by atoms with Crippen molar-refractivity contribution in [1.29, 1.82) is 0 Å². The summed E-state index contributed by atoms with van der Waals surface area (Å²) in [6.45, 7) is 4.08. The number of piperazine rings is 1. The highest BCUT2D eigenvalue weighted by molar-refractivity contribution is 6.03. The summed E-state index contributed by atoms with van der Waals surface area (Å²) in [5.41, 5.74) is 1.55. The minimum absolute atomic E-state index is 0.205. The summed E-state index contributed by atoms with van der Waals surface area (Å²) in [6, 6.07) is 10.9. The molecule has 1 heterocycles. The first-order valence-corrected chi connectivity index (χ1v) is 8.45. The highest BCUT2D eigenvalue weighted by atomic mass is 19.1. The van der Waals surface area contributed by atoms with Gasteiger partial charge in [-0.1, -0.05) is 6.07 Å². The summed E-state index contributed by atoms with van der Waals surface area (Å²) < 4.78 is 18.9. The van der Waals surface area contributed by atoms with Crippen LogP contribution < -0.4 is 9.64 Å². The van der Waals surface area contributed by atoms with Crippen LogP contribution in [0.15, 0.2) is 42.5 Å². The van der Waals surface area contributed by atoms with Crippen molar-refractivity contribution in [2.45, 2.75) is 19.9 Å². The molecule has 26 heavy (non-hydrogen) atoms. The van der Waals surface area contributed by atoms with Crippen molar-refractivity contribution >= 4 is 17.5 Å². The molecule has 1 unspecified atom stereocenters. The van der Waals surface area contributed by atoms with Gasteiger partial charge in [0, 0.05) is 24.3 Å². The Labute approximate surface area is 152 Å². The number of hydrogen-bond donors (Lipinski definition) is 0. The van der Waals surface area contributed by atoms with Gasteiger partial charge in [0.1, 0.15) is 17.6 Å². The van der Waals surface area contributed by atoms with Crippen molar-refractivity contribution in [3.63, 3.8) is 0 Å². The van der Waals surface area contributed by atoms with Crippen LogP contribution in [0.4, 0.5) is 10.1 Å². The number of halogens is 1. The molecular weight excluding hydrogens is 335 g/mol. The SMILES string of the molecule is COc1ccc(C(=O)N2CCN(c3ccc(C)c(F)c3)C(=O)C2C)cc1.